The van der Waals surface area contributed by atoms with Crippen LogP contribution in [0.3, 0.4) is 0 Å². The summed E-state index contributed by atoms with van der Waals surface area (Å²) in [6.45, 7) is -0.683. The molecule has 29 heavy (non-hydrogen) atoms. The van der Waals surface area contributed by atoms with Crippen molar-refractivity contribution >= 4 is 11.9 Å². The summed E-state index contributed by atoms with van der Waals surface area (Å²) in [6, 6.07) is -1.09. The van der Waals surface area contributed by atoms with Gasteiger partial charge in [-0.05, 0) is 19.3 Å². The zero-order valence-corrected chi connectivity index (χ0v) is 16.7. The largest absolute Gasteiger partial charge is 0.394 e. The van der Waals surface area contributed by atoms with E-state index in [0.717, 1.165) is 0 Å². The van der Waals surface area contributed by atoms with Gasteiger partial charge in [0.05, 0.1) is 45.7 Å². The van der Waals surface area contributed by atoms with E-state index in [2.05, 4.69) is 10.6 Å². The molecule has 0 saturated heterocycles. The molecule has 0 aromatic heterocycles. The summed E-state index contributed by atoms with van der Waals surface area (Å²) in [5.41, 5.74) is 10.6. The first kappa shape index (κ1) is 27.5. The van der Waals surface area contributed by atoms with Crippen molar-refractivity contribution in [3.63, 3.8) is 0 Å². The van der Waals surface area contributed by atoms with E-state index in [0.29, 0.717) is 25.8 Å². The van der Waals surface area contributed by atoms with Crippen LogP contribution in [0.25, 0.3) is 0 Å². The van der Waals surface area contributed by atoms with Crippen LogP contribution < -0.4 is 22.1 Å². The first-order valence-corrected chi connectivity index (χ1v) is 9.61. The second kappa shape index (κ2) is 17.3. The SMILES string of the molecule is NC(=O)[C@H](N)CCCCNC(=O)NCC(COC(CO)CO)COC(CO)CO. The molecule has 12 heteroatoms. The molecule has 1 atom stereocenters. The van der Waals surface area contributed by atoms with Crippen molar-refractivity contribution in [2.45, 2.75) is 37.5 Å². The minimum Gasteiger partial charge on any atom is -0.394 e. The Labute approximate surface area is 170 Å². The molecule has 0 aliphatic carbocycles. The topological polar surface area (TPSA) is 210 Å². The molecule has 12 nitrogen and oxygen atoms in total. The number of hydrogen-bond acceptors (Lipinski definition) is 9. The average molecular weight is 424 g/mol. The van der Waals surface area contributed by atoms with Crippen LogP contribution in [-0.4, -0.2) is 103 Å². The van der Waals surface area contributed by atoms with Gasteiger partial charge >= 0.3 is 6.03 Å². The quantitative estimate of drug-likeness (QED) is 0.103. The van der Waals surface area contributed by atoms with Crippen LogP contribution in [0.1, 0.15) is 19.3 Å². The predicted octanol–water partition coefficient (Wildman–Crippen LogP) is -3.38. The van der Waals surface area contributed by atoms with E-state index in [1.807, 2.05) is 0 Å². The second-order valence-corrected chi connectivity index (χ2v) is 6.65. The Morgan fingerprint density at radius 2 is 1.38 bits per heavy atom. The van der Waals surface area contributed by atoms with Crippen LogP contribution in [0.15, 0.2) is 0 Å². The molecular weight excluding hydrogens is 388 g/mol. The van der Waals surface area contributed by atoms with Crippen molar-refractivity contribution in [1.82, 2.24) is 10.6 Å². The summed E-state index contributed by atoms with van der Waals surface area (Å²) in [7, 11) is 0. The molecule has 0 aliphatic heterocycles. The molecule has 0 aromatic carbocycles. The van der Waals surface area contributed by atoms with Gasteiger partial charge in [0.1, 0.15) is 12.2 Å². The highest BCUT2D eigenvalue weighted by molar-refractivity contribution is 5.79. The van der Waals surface area contributed by atoms with Gasteiger partial charge in [-0.25, -0.2) is 4.79 Å². The lowest BCUT2D eigenvalue weighted by atomic mass is 10.1. The molecule has 0 heterocycles. The van der Waals surface area contributed by atoms with Gasteiger partial charge < -0.3 is 52.0 Å². The van der Waals surface area contributed by atoms with Crippen molar-refractivity contribution < 1.29 is 39.5 Å². The maximum Gasteiger partial charge on any atom is 0.314 e. The molecule has 0 bridgehead atoms. The van der Waals surface area contributed by atoms with Gasteiger partial charge in [0.15, 0.2) is 0 Å². The number of unbranched alkanes of at least 4 members (excludes halogenated alkanes) is 1. The highest BCUT2D eigenvalue weighted by Crippen LogP contribution is 2.04. The summed E-state index contributed by atoms with van der Waals surface area (Å²) in [5.74, 6) is -0.893. The van der Waals surface area contributed by atoms with E-state index in [1.54, 1.807) is 0 Å². The molecule has 0 fully saturated rings. The Morgan fingerprint density at radius 3 is 1.83 bits per heavy atom. The molecule has 0 rings (SSSR count). The molecule has 0 aliphatic rings. The summed E-state index contributed by atoms with van der Waals surface area (Å²) in [5, 5.41) is 41.6. The number of ether oxygens (including phenoxy) is 2. The number of aliphatic hydroxyl groups is 4. The predicted molar refractivity (Wildman–Crippen MR) is 104 cm³/mol. The molecule has 0 aromatic rings. The zero-order chi connectivity index (χ0) is 22.1. The van der Waals surface area contributed by atoms with Gasteiger partial charge in [0.2, 0.25) is 5.91 Å². The molecule has 0 unspecified atom stereocenters. The van der Waals surface area contributed by atoms with E-state index in [-0.39, 0.29) is 52.1 Å². The van der Waals surface area contributed by atoms with Gasteiger partial charge in [-0.15, -0.1) is 0 Å². The van der Waals surface area contributed by atoms with Crippen molar-refractivity contribution in [3.05, 3.63) is 0 Å². The number of nitrogens with one attached hydrogen (secondary N) is 2. The average Bonchev–Trinajstić information content (AvgIpc) is 2.71. The number of primary amides is 1. The number of amides is 3. The van der Waals surface area contributed by atoms with Crippen molar-refractivity contribution in [3.8, 4) is 0 Å². The summed E-state index contributed by atoms with van der Waals surface area (Å²) in [4.78, 5) is 22.7. The molecular formula is C17H36N4O8. The van der Waals surface area contributed by atoms with Crippen LogP contribution in [0, 0.1) is 5.92 Å². The minimum absolute atomic E-state index is 0.0840. The number of nitrogens with two attached hydrogens (primary N) is 2. The fourth-order valence-corrected chi connectivity index (χ4v) is 2.17. The van der Waals surface area contributed by atoms with Crippen molar-refractivity contribution in [2.75, 3.05) is 52.7 Å². The van der Waals surface area contributed by atoms with E-state index in [9.17, 15) is 9.59 Å². The molecule has 0 saturated carbocycles. The monoisotopic (exact) mass is 424 g/mol. The number of urea groups is 1. The van der Waals surface area contributed by atoms with Gasteiger partial charge in [-0.1, -0.05) is 0 Å². The number of carbonyl (C=O) groups is 2. The number of carbonyl (C=O) groups excluding carboxylic acids is 2. The van der Waals surface area contributed by atoms with E-state index < -0.39 is 30.2 Å². The van der Waals surface area contributed by atoms with E-state index in [1.165, 1.54) is 0 Å². The Bertz CT molecular complexity index is 420. The molecule has 0 radical (unpaired) electrons. The van der Waals surface area contributed by atoms with Crippen LogP contribution in [0.5, 0.6) is 0 Å². The summed E-state index contributed by atoms with van der Waals surface area (Å²) in [6.07, 6.45) is 0.229. The number of aliphatic hydroxyl groups excluding tert-OH is 4. The Balaban J connectivity index is 4.25. The van der Waals surface area contributed by atoms with Gasteiger partial charge in [-0.2, -0.15) is 0 Å². The smallest absolute Gasteiger partial charge is 0.314 e. The number of hydrogen-bond donors (Lipinski definition) is 8. The fourth-order valence-electron chi connectivity index (χ4n) is 2.17. The molecule has 0 spiro atoms. The Kier molecular flexibility index (Phi) is 16.4. The van der Waals surface area contributed by atoms with Crippen molar-refractivity contribution in [1.29, 1.82) is 0 Å². The second-order valence-electron chi connectivity index (χ2n) is 6.65. The minimum atomic E-state index is -0.746. The van der Waals surface area contributed by atoms with E-state index in [4.69, 9.17) is 41.4 Å². The maximum atomic E-state index is 11.9. The fraction of sp³-hybridized carbons (Fsp3) is 0.882. The van der Waals surface area contributed by atoms with Crippen LogP contribution in [0.2, 0.25) is 0 Å². The summed E-state index contributed by atoms with van der Waals surface area (Å²) < 4.78 is 10.7. The third-order valence-corrected chi connectivity index (χ3v) is 4.09. The first-order valence-electron chi connectivity index (χ1n) is 9.61. The highest BCUT2D eigenvalue weighted by Gasteiger charge is 2.17. The number of rotatable bonds is 18. The van der Waals surface area contributed by atoms with Gasteiger partial charge in [0, 0.05) is 19.0 Å². The van der Waals surface area contributed by atoms with Gasteiger partial charge in [0.25, 0.3) is 0 Å². The first-order chi connectivity index (χ1) is 13.9. The highest BCUT2D eigenvalue weighted by atomic mass is 16.5. The lowest BCUT2D eigenvalue weighted by molar-refractivity contribution is -0.119. The van der Waals surface area contributed by atoms with Crippen LogP contribution >= 0.6 is 0 Å². The van der Waals surface area contributed by atoms with Crippen molar-refractivity contribution in [2.24, 2.45) is 17.4 Å². The lowest BCUT2D eigenvalue weighted by Crippen LogP contribution is -2.42. The molecule has 172 valence electrons. The molecule has 10 N–H and O–H groups in total. The van der Waals surface area contributed by atoms with Crippen LogP contribution in [0.4, 0.5) is 4.79 Å². The Hall–Kier alpha value is -1.54. The normalized spacial score (nSPS) is 12.6. The van der Waals surface area contributed by atoms with Crippen LogP contribution in [-0.2, 0) is 14.3 Å². The third kappa shape index (κ3) is 14.1. The standard InChI is InChI=1S/C17H36N4O8/c18-15(16(19)26)3-1-2-4-20-17(27)21-5-12(10-28-13(6-22)7-23)11-29-14(8-24)9-25/h12-15,22-25H,1-11,18H2,(H2,19,26)(H2,20,21,27)/t15-/m1/s1. The van der Waals surface area contributed by atoms with E-state index >= 15 is 0 Å². The van der Waals surface area contributed by atoms with Gasteiger partial charge in [-0.3, -0.25) is 4.79 Å². The lowest BCUT2D eigenvalue weighted by Gasteiger charge is -2.22. The Morgan fingerprint density at radius 1 is 0.862 bits per heavy atom. The molecule has 3 amide bonds. The zero-order valence-electron chi connectivity index (χ0n) is 16.7. The maximum absolute atomic E-state index is 11.9. The summed E-state index contributed by atoms with van der Waals surface area (Å²) >= 11 is 0. The third-order valence-electron chi connectivity index (χ3n) is 4.09.